The number of nitriles is 1. The van der Waals surface area contributed by atoms with Crippen LogP contribution in [0.4, 0.5) is 24.1 Å². The molecule has 1 aliphatic carbocycles. The molecule has 0 spiro atoms. The lowest BCUT2D eigenvalue weighted by atomic mass is 9.72. The van der Waals surface area contributed by atoms with Gasteiger partial charge < -0.3 is 29.7 Å². The van der Waals surface area contributed by atoms with Crippen LogP contribution in [0.2, 0.25) is 0 Å². The number of alkyl halides is 3. The number of likely N-dealkylation sites (N-methyl/N-ethyl adjacent to an activating group) is 1. The molecule has 3 aromatic heterocycles. The highest BCUT2D eigenvalue weighted by atomic mass is 32.1. The Balaban J connectivity index is 1.38. The molecule has 45 heavy (non-hydrogen) atoms. The average molecular weight is 650 g/mol. The Hall–Kier alpha value is -3.59. The summed E-state index contributed by atoms with van der Waals surface area (Å²) in [4.78, 5) is 22.1. The molecular weight excluding hydrogens is 615 g/mol. The molecule has 13 nitrogen and oxygen atoms in total. The normalized spacial score (nSPS) is 28.1. The first-order valence-electron chi connectivity index (χ1n) is 14.7. The minimum Gasteiger partial charge on any atom is -0.459 e. The summed E-state index contributed by atoms with van der Waals surface area (Å²) in [5.41, 5.74) is 4.07. The summed E-state index contributed by atoms with van der Waals surface area (Å²) in [6, 6.07) is 1.80. The maximum atomic E-state index is 14.1. The van der Waals surface area contributed by atoms with Crippen LogP contribution in [0.5, 0.6) is 6.01 Å². The number of aryl methyl sites for hydroxylation is 1. The molecule has 5 atom stereocenters. The molecule has 0 bridgehead atoms. The van der Waals surface area contributed by atoms with Gasteiger partial charge in [0.1, 0.15) is 23.3 Å². The van der Waals surface area contributed by atoms with E-state index in [1.807, 2.05) is 11.8 Å². The van der Waals surface area contributed by atoms with Crippen molar-refractivity contribution in [2.24, 2.45) is 0 Å². The molecule has 0 radical (unpaired) electrons. The monoisotopic (exact) mass is 649 g/mol. The number of anilines is 2. The largest absolute Gasteiger partial charge is 0.459 e. The number of hydrogen-bond acceptors (Lipinski definition) is 14. The zero-order valence-corrected chi connectivity index (χ0v) is 25.9. The maximum absolute atomic E-state index is 14.1. The zero-order valence-electron chi connectivity index (χ0n) is 25.0. The smallest absolute Gasteiger partial charge is 0.322 e. The number of thiophene rings is 1. The highest BCUT2D eigenvalue weighted by molar-refractivity contribution is 7.16. The van der Waals surface area contributed by atoms with Gasteiger partial charge in [0, 0.05) is 29.6 Å². The summed E-state index contributed by atoms with van der Waals surface area (Å²) in [6.07, 6.45) is -2.14. The molecule has 2 aliphatic heterocycles. The number of likely N-dealkylation sites (tertiary alicyclic amines) is 1. The van der Waals surface area contributed by atoms with Crippen molar-refractivity contribution in [2.45, 2.75) is 75.3 Å². The molecule has 5 heterocycles. The van der Waals surface area contributed by atoms with E-state index in [-0.39, 0.29) is 61.7 Å². The Bertz CT molecular complexity index is 1600. The van der Waals surface area contributed by atoms with Crippen molar-refractivity contribution in [2.75, 3.05) is 50.5 Å². The summed E-state index contributed by atoms with van der Waals surface area (Å²) < 4.78 is 59.0. The van der Waals surface area contributed by atoms with Gasteiger partial charge in [-0.05, 0) is 46.6 Å². The van der Waals surface area contributed by atoms with E-state index < -0.39 is 42.9 Å². The van der Waals surface area contributed by atoms with Gasteiger partial charge in [0.15, 0.2) is 5.60 Å². The number of aromatic nitrogens is 5. The van der Waals surface area contributed by atoms with Crippen molar-refractivity contribution in [1.29, 1.82) is 5.26 Å². The van der Waals surface area contributed by atoms with E-state index in [0.29, 0.717) is 17.0 Å². The molecule has 3 N–H and O–H groups in total. The van der Waals surface area contributed by atoms with E-state index in [4.69, 9.17) is 19.7 Å². The Morgan fingerprint density at radius 2 is 2.04 bits per heavy atom. The number of halogens is 3. The highest BCUT2D eigenvalue weighted by Crippen LogP contribution is 2.48. The first-order valence-corrected chi connectivity index (χ1v) is 15.5. The van der Waals surface area contributed by atoms with E-state index >= 15 is 0 Å². The molecule has 242 valence electrons. The predicted molar refractivity (Wildman–Crippen MR) is 156 cm³/mol. The Labute approximate surface area is 261 Å². The summed E-state index contributed by atoms with van der Waals surface area (Å²) in [7, 11) is 1.80. The Morgan fingerprint density at radius 3 is 2.76 bits per heavy atom. The standard InChI is InChI=1S/C28H34F3N9O4S/c1-14(17-9-15(29)11-39(17)3)43-26-36-21(35-25(37-26)40-7-8-42-13-28(41,12-40)23(30)31)22-34-24(44-38-22)27(2)6-4-5-18-19(27)16(10-32)20(33)45-18/h14-15,17,23,41H,4-9,11-13,33H2,1-3H3/t14-,15+,17-,27-,28?/m0/s1. The van der Waals surface area contributed by atoms with Crippen LogP contribution >= 0.6 is 11.3 Å². The SMILES string of the molecule is C[C@H](Oc1nc(-c2noc([C@@]3(C)CCCc4sc(N)c(C#N)c43)n2)nc(N2CCOCC(O)(C(F)F)C2)n1)[C@@H]1C[C@@H](F)CN1C. The second-order valence-corrected chi connectivity index (χ2v) is 13.3. The first-order chi connectivity index (χ1) is 21.4. The van der Waals surface area contributed by atoms with Crippen molar-refractivity contribution in [1.82, 2.24) is 30.0 Å². The molecule has 0 saturated carbocycles. The van der Waals surface area contributed by atoms with E-state index in [9.17, 15) is 23.5 Å². The van der Waals surface area contributed by atoms with E-state index in [1.165, 1.54) is 16.2 Å². The lowest BCUT2D eigenvalue weighted by molar-refractivity contribution is -0.123. The number of hydrogen-bond donors (Lipinski definition) is 2. The van der Waals surface area contributed by atoms with Crippen LogP contribution in [-0.2, 0) is 16.6 Å². The van der Waals surface area contributed by atoms with E-state index in [1.54, 1.807) is 14.0 Å². The molecule has 0 aromatic carbocycles. The third-order valence-corrected chi connectivity index (χ3v) is 9.93. The fourth-order valence-corrected chi connectivity index (χ4v) is 7.62. The molecule has 0 amide bonds. The second-order valence-electron chi connectivity index (χ2n) is 12.1. The number of nitrogens with zero attached hydrogens (tertiary/aromatic N) is 8. The number of rotatable bonds is 7. The van der Waals surface area contributed by atoms with Gasteiger partial charge in [-0.3, -0.25) is 4.90 Å². The predicted octanol–water partition coefficient (Wildman–Crippen LogP) is 2.72. The van der Waals surface area contributed by atoms with Gasteiger partial charge in [-0.1, -0.05) is 5.16 Å². The van der Waals surface area contributed by atoms with Gasteiger partial charge in [0.2, 0.25) is 23.5 Å². The van der Waals surface area contributed by atoms with E-state index in [0.717, 1.165) is 23.3 Å². The molecule has 3 aromatic rings. The third kappa shape index (κ3) is 5.80. The van der Waals surface area contributed by atoms with Gasteiger partial charge in [0.05, 0.1) is 30.7 Å². The first kappa shape index (κ1) is 31.4. The number of nitrogens with two attached hydrogens (primary N) is 1. The maximum Gasteiger partial charge on any atom is 0.322 e. The number of β-amino-alcohol motifs (C(OH)–C–C–N with tert-alkyl or cyclic N) is 1. The molecule has 2 saturated heterocycles. The Morgan fingerprint density at radius 1 is 1.24 bits per heavy atom. The second kappa shape index (κ2) is 12.0. The summed E-state index contributed by atoms with van der Waals surface area (Å²) in [6.45, 7) is 3.00. The molecule has 1 unspecified atom stereocenters. The zero-order chi connectivity index (χ0) is 32.1. The number of fused-ring (bicyclic) bond motifs is 1. The Kier molecular flexibility index (Phi) is 8.35. The minimum absolute atomic E-state index is 0.0155. The number of aliphatic hydroxyl groups is 1. The average Bonchev–Trinajstić information content (AvgIpc) is 3.67. The van der Waals surface area contributed by atoms with E-state index in [2.05, 4.69) is 31.2 Å². The van der Waals surface area contributed by atoms with Crippen molar-refractivity contribution in [3.8, 4) is 23.7 Å². The van der Waals surface area contributed by atoms with Crippen LogP contribution in [0.1, 0.15) is 55.0 Å². The quantitative estimate of drug-likeness (QED) is 0.383. The van der Waals surface area contributed by atoms with Crippen molar-refractivity contribution < 1.29 is 32.3 Å². The fourth-order valence-electron chi connectivity index (χ4n) is 6.43. The lowest BCUT2D eigenvalue weighted by Gasteiger charge is -2.30. The third-order valence-electron chi connectivity index (χ3n) is 8.85. The summed E-state index contributed by atoms with van der Waals surface area (Å²) in [5, 5.41) is 25.1. The highest BCUT2D eigenvalue weighted by Gasteiger charge is 2.44. The van der Waals surface area contributed by atoms with Crippen molar-refractivity contribution in [3.63, 3.8) is 0 Å². The minimum atomic E-state index is -3.09. The van der Waals surface area contributed by atoms with Crippen molar-refractivity contribution >= 4 is 22.3 Å². The molecule has 2 fully saturated rings. The van der Waals surface area contributed by atoms with Gasteiger partial charge in [-0.2, -0.15) is 25.2 Å². The molecule has 3 aliphatic rings. The number of nitrogen functional groups attached to an aromatic ring is 1. The molecular formula is C28H34F3N9O4S. The van der Waals surface area contributed by atoms with Crippen LogP contribution in [-0.4, -0.2) is 105 Å². The van der Waals surface area contributed by atoms with Crippen LogP contribution in [0.25, 0.3) is 11.6 Å². The van der Waals surface area contributed by atoms with Crippen molar-refractivity contribution in [3.05, 3.63) is 21.9 Å². The van der Waals surface area contributed by atoms with Gasteiger partial charge in [-0.25, -0.2) is 13.2 Å². The van der Waals surface area contributed by atoms with Gasteiger partial charge in [0.25, 0.3) is 6.43 Å². The van der Waals surface area contributed by atoms with Crippen LogP contribution in [0.15, 0.2) is 4.52 Å². The lowest BCUT2D eigenvalue weighted by Crippen LogP contribution is -2.50. The summed E-state index contributed by atoms with van der Waals surface area (Å²) in [5.74, 6) is 0.0986. The summed E-state index contributed by atoms with van der Waals surface area (Å²) >= 11 is 1.38. The number of ether oxygens (including phenoxy) is 2. The molecule has 17 heteroatoms. The van der Waals surface area contributed by atoms with Gasteiger partial charge >= 0.3 is 6.01 Å². The van der Waals surface area contributed by atoms with Gasteiger partial charge in [-0.15, -0.1) is 11.3 Å². The fraction of sp³-hybridized carbons (Fsp3) is 0.643. The molecule has 6 rings (SSSR count). The van der Waals surface area contributed by atoms with Crippen LogP contribution < -0.4 is 15.4 Å². The van der Waals surface area contributed by atoms with Crippen LogP contribution in [0.3, 0.4) is 0 Å². The van der Waals surface area contributed by atoms with Crippen LogP contribution in [0, 0.1) is 11.3 Å². The topological polar surface area (TPSA) is 173 Å².